The third-order valence-corrected chi connectivity index (χ3v) is 5.85. The van der Waals surface area contributed by atoms with E-state index in [0.717, 1.165) is 38.2 Å². The highest BCUT2D eigenvalue weighted by Crippen LogP contribution is 2.29. The lowest BCUT2D eigenvalue weighted by Crippen LogP contribution is -2.41. The van der Waals surface area contributed by atoms with Crippen LogP contribution in [0.4, 0.5) is 0 Å². The first-order valence-electron chi connectivity index (χ1n) is 10.9. The van der Waals surface area contributed by atoms with Crippen molar-refractivity contribution in [3.63, 3.8) is 0 Å². The lowest BCUT2D eigenvalue weighted by atomic mass is 10.00. The Bertz CT molecular complexity index is 858. The molecule has 1 heterocycles. The second kappa shape index (κ2) is 10.4. The van der Waals surface area contributed by atoms with Gasteiger partial charge in [0.1, 0.15) is 11.9 Å². The Morgan fingerprint density at radius 2 is 1.60 bits per heavy atom. The molecule has 0 amide bonds. The number of rotatable bonds is 8. The molecule has 0 unspecified atom stereocenters. The van der Waals surface area contributed by atoms with Gasteiger partial charge in [-0.2, -0.15) is 0 Å². The van der Waals surface area contributed by atoms with Crippen molar-refractivity contribution in [2.75, 3.05) is 26.7 Å². The Morgan fingerprint density at radius 1 is 0.900 bits per heavy atom. The van der Waals surface area contributed by atoms with Gasteiger partial charge in [-0.15, -0.1) is 0 Å². The molecule has 1 atom stereocenters. The minimum absolute atomic E-state index is 0.0178. The van der Waals surface area contributed by atoms with Crippen LogP contribution < -0.4 is 4.74 Å². The summed E-state index contributed by atoms with van der Waals surface area (Å²) in [6.45, 7) is 3.18. The van der Waals surface area contributed by atoms with Crippen LogP contribution in [0, 0.1) is 0 Å². The van der Waals surface area contributed by atoms with E-state index in [1.165, 1.54) is 23.1 Å². The van der Waals surface area contributed by atoms with E-state index in [1.54, 1.807) is 7.11 Å². The summed E-state index contributed by atoms with van der Waals surface area (Å²) < 4.78 is 12.1. The van der Waals surface area contributed by atoms with Crippen LogP contribution in [-0.4, -0.2) is 37.7 Å². The number of nitrogens with zero attached hydrogens (tertiary/aromatic N) is 1. The van der Waals surface area contributed by atoms with E-state index in [1.807, 2.05) is 6.07 Å². The summed E-state index contributed by atoms with van der Waals surface area (Å²) >= 11 is 0. The molecule has 0 N–H and O–H groups in total. The third-order valence-electron chi connectivity index (χ3n) is 5.85. The fraction of sp³-hybridized carbons (Fsp3) is 0.333. The first-order valence-corrected chi connectivity index (χ1v) is 10.9. The van der Waals surface area contributed by atoms with Crippen molar-refractivity contribution in [2.45, 2.75) is 31.5 Å². The maximum Gasteiger partial charge on any atom is 0.119 e. The van der Waals surface area contributed by atoms with Gasteiger partial charge in [-0.25, -0.2) is 0 Å². The summed E-state index contributed by atoms with van der Waals surface area (Å²) in [4.78, 5) is 2.54. The normalized spacial score (nSPS) is 17.2. The third kappa shape index (κ3) is 5.50. The standard InChI is InChI=1S/C27H31NO2/c1-29-25-15-8-10-22(20-25)17-19-28-18-9-16-26(21-28)30-27(23-11-4-2-5-12-23)24-13-6-3-7-14-24/h2-8,10-15,20,26-27H,9,16-19,21H2,1H3/t26-/m1/s1. The Hall–Kier alpha value is -2.62. The van der Waals surface area contributed by atoms with Gasteiger partial charge in [0.2, 0.25) is 0 Å². The van der Waals surface area contributed by atoms with Gasteiger partial charge in [0, 0.05) is 13.1 Å². The Balaban J connectivity index is 1.40. The molecule has 4 rings (SSSR count). The average molecular weight is 402 g/mol. The summed E-state index contributed by atoms with van der Waals surface area (Å²) in [5.74, 6) is 0.931. The van der Waals surface area contributed by atoms with Crippen molar-refractivity contribution in [1.29, 1.82) is 0 Å². The van der Waals surface area contributed by atoms with Crippen LogP contribution in [-0.2, 0) is 11.2 Å². The van der Waals surface area contributed by atoms with Crippen molar-refractivity contribution in [3.8, 4) is 5.75 Å². The lowest BCUT2D eigenvalue weighted by molar-refractivity contribution is -0.0330. The average Bonchev–Trinajstić information content (AvgIpc) is 2.83. The maximum absolute atomic E-state index is 6.72. The molecule has 1 saturated heterocycles. The fourth-order valence-corrected chi connectivity index (χ4v) is 4.24. The van der Waals surface area contributed by atoms with Gasteiger partial charge in [0.05, 0.1) is 13.2 Å². The molecule has 1 aliphatic rings. The number of hydrogen-bond donors (Lipinski definition) is 0. The molecule has 3 aromatic rings. The van der Waals surface area contributed by atoms with Gasteiger partial charge < -0.3 is 14.4 Å². The first-order chi connectivity index (χ1) is 14.8. The van der Waals surface area contributed by atoms with Crippen LogP contribution in [0.3, 0.4) is 0 Å². The van der Waals surface area contributed by atoms with Crippen LogP contribution in [0.5, 0.6) is 5.75 Å². The van der Waals surface area contributed by atoms with Gasteiger partial charge in [0.15, 0.2) is 0 Å². The van der Waals surface area contributed by atoms with Gasteiger partial charge in [0.25, 0.3) is 0 Å². The highest BCUT2D eigenvalue weighted by molar-refractivity contribution is 5.30. The zero-order valence-electron chi connectivity index (χ0n) is 17.7. The van der Waals surface area contributed by atoms with E-state index in [0.29, 0.717) is 0 Å². The van der Waals surface area contributed by atoms with Crippen LogP contribution >= 0.6 is 0 Å². The summed E-state index contributed by atoms with van der Waals surface area (Å²) in [6.07, 6.45) is 3.56. The van der Waals surface area contributed by atoms with E-state index in [4.69, 9.17) is 9.47 Å². The number of piperidine rings is 1. The van der Waals surface area contributed by atoms with E-state index in [9.17, 15) is 0 Å². The summed E-state index contributed by atoms with van der Waals surface area (Å²) in [5.41, 5.74) is 3.76. The maximum atomic E-state index is 6.72. The number of ether oxygens (including phenoxy) is 2. The van der Waals surface area contributed by atoms with Crippen molar-refractivity contribution in [2.24, 2.45) is 0 Å². The van der Waals surface area contributed by atoms with E-state index < -0.39 is 0 Å². The molecular weight excluding hydrogens is 370 g/mol. The minimum atomic E-state index is -0.0178. The van der Waals surface area contributed by atoms with Gasteiger partial charge in [-0.1, -0.05) is 72.8 Å². The molecule has 0 aromatic heterocycles. The molecule has 0 aliphatic carbocycles. The molecule has 1 aliphatic heterocycles. The lowest BCUT2D eigenvalue weighted by Gasteiger charge is -2.35. The number of methoxy groups -OCH3 is 1. The molecule has 0 spiro atoms. The predicted octanol–water partition coefficient (Wildman–Crippen LogP) is 5.51. The molecule has 0 radical (unpaired) electrons. The zero-order valence-corrected chi connectivity index (χ0v) is 17.7. The summed E-state index contributed by atoms with van der Waals surface area (Å²) in [7, 11) is 1.72. The molecule has 0 bridgehead atoms. The largest absolute Gasteiger partial charge is 0.497 e. The highest BCUT2D eigenvalue weighted by Gasteiger charge is 2.25. The number of hydrogen-bond acceptors (Lipinski definition) is 3. The van der Waals surface area contributed by atoms with Crippen molar-refractivity contribution in [3.05, 3.63) is 102 Å². The quantitative estimate of drug-likeness (QED) is 0.497. The number of benzene rings is 3. The topological polar surface area (TPSA) is 21.7 Å². The molecular formula is C27H31NO2. The number of likely N-dealkylation sites (tertiary alicyclic amines) is 1. The molecule has 30 heavy (non-hydrogen) atoms. The van der Waals surface area contributed by atoms with Crippen molar-refractivity contribution >= 4 is 0 Å². The smallest absolute Gasteiger partial charge is 0.119 e. The molecule has 0 saturated carbocycles. The van der Waals surface area contributed by atoms with Crippen LogP contribution in [0.2, 0.25) is 0 Å². The molecule has 156 valence electrons. The SMILES string of the molecule is COc1cccc(CCN2CCC[C@@H](OC(c3ccccc3)c3ccccc3)C2)c1. The highest BCUT2D eigenvalue weighted by atomic mass is 16.5. The minimum Gasteiger partial charge on any atom is -0.497 e. The van der Waals surface area contributed by atoms with Gasteiger partial charge in [-0.3, -0.25) is 0 Å². The van der Waals surface area contributed by atoms with Crippen LogP contribution in [0.15, 0.2) is 84.9 Å². The van der Waals surface area contributed by atoms with E-state index in [-0.39, 0.29) is 12.2 Å². The second-order valence-electron chi connectivity index (χ2n) is 8.00. The molecule has 3 heteroatoms. The van der Waals surface area contributed by atoms with E-state index in [2.05, 4.69) is 83.8 Å². The van der Waals surface area contributed by atoms with Gasteiger partial charge in [-0.05, 0) is 54.6 Å². The molecule has 3 aromatic carbocycles. The van der Waals surface area contributed by atoms with Crippen molar-refractivity contribution in [1.82, 2.24) is 4.90 Å². The van der Waals surface area contributed by atoms with Crippen molar-refractivity contribution < 1.29 is 9.47 Å². The predicted molar refractivity (Wildman–Crippen MR) is 122 cm³/mol. The monoisotopic (exact) mass is 401 g/mol. The summed E-state index contributed by atoms with van der Waals surface area (Å²) in [5, 5.41) is 0. The van der Waals surface area contributed by atoms with Crippen LogP contribution in [0.1, 0.15) is 35.6 Å². The Labute approximate surface area is 180 Å². The van der Waals surface area contributed by atoms with E-state index >= 15 is 0 Å². The summed E-state index contributed by atoms with van der Waals surface area (Å²) in [6, 6.07) is 29.6. The molecule has 3 nitrogen and oxygen atoms in total. The molecule has 1 fully saturated rings. The first kappa shape index (κ1) is 20.6. The van der Waals surface area contributed by atoms with Gasteiger partial charge >= 0.3 is 0 Å². The Morgan fingerprint density at radius 3 is 2.27 bits per heavy atom. The second-order valence-corrected chi connectivity index (χ2v) is 8.00. The fourth-order valence-electron chi connectivity index (χ4n) is 4.24. The van der Waals surface area contributed by atoms with Crippen LogP contribution in [0.25, 0.3) is 0 Å². The zero-order chi connectivity index (χ0) is 20.6. The Kier molecular flexibility index (Phi) is 7.17.